The van der Waals surface area contributed by atoms with Crippen molar-refractivity contribution in [2.24, 2.45) is 7.05 Å². The second-order valence-corrected chi connectivity index (χ2v) is 9.29. The number of imidazole rings is 1. The molecule has 1 aliphatic rings. The van der Waals surface area contributed by atoms with Crippen molar-refractivity contribution in [3.8, 4) is 0 Å². The minimum Gasteiger partial charge on any atom is -0.323 e. The number of halogens is 2. The summed E-state index contributed by atoms with van der Waals surface area (Å²) in [5.74, 6) is 0.555. The maximum atomic E-state index is 13.2. The number of anilines is 2. The molecule has 1 fully saturated rings. The number of para-hydroxylation sites is 1. The van der Waals surface area contributed by atoms with Crippen molar-refractivity contribution in [3.63, 3.8) is 0 Å². The molecule has 2 aromatic carbocycles. The summed E-state index contributed by atoms with van der Waals surface area (Å²) in [6, 6.07) is 9.24. The van der Waals surface area contributed by atoms with Crippen molar-refractivity contribution < 1.29 is 0 Å². The molecule has 8 heteroatoms. The zero-order valence-corrected chi connectivity index (χ0v) is 20.1. The molecular weight excluding hydrogens is 457 g/mol. The van der Waals surface area contributed by atoms with Crippen LogP contribution in [-0.4, -0.2) is 39.1 Å². The minimum absolute atomic E-state index is 0.132. The Labute approximate surface area is 201 Å². The molecule has 1 aliphatic heterocycles. The van der Waals surface area contributed by atoms with Crippen LogP contribution in [0.3, 0.4) is 0 Å². The van der Waals surface area contributed by atoms with E-state index in [4.69, 9.17) is 23.2 Å². The number of aromatic amines is 1. The van der Waals surface area contributed by atoms with E-state index in [1.165, 1.54) is 12.8 Å². The number of hydrogen-bond acceptors (Lipinski definition) is 4. The number of pyridine rings is 1. The molecule has 2 N–H and O–H groups in total. The van der Waals surface area contributed by atoms with Crippen LogP contribution < -0.4 is 10.9 Å². The molecule has 1 saturated heterocycles. The summed E-state index contributed by atoms with van der Waals surface area (Å²) in [5, 5.41) is 5.75. The van der Waals surface area contributed by atoms with E-state index in [1.807, 2.05) is 36.7 Å². The second-order valence-electron chi connectivity index (χ2n) is 8.47. The predicted octanol–water partition coefficient (Wildman–Crippen LogP) is 5.88. The quantitative estimate of drug-likeness (QED) is 0.373. The summed E-state index contributed by atoms with van der Waals surface area (Å²) in [6.45, 7) is 5.23. The van der Waals surface area contributed by atoms with E-state index in [1.54, 1.807) is 18.2 Å². The first kappa shape index (κ1) is 22.0. The molecular formula is C25H25Cl2N5O. The normalized spacial score (nSPS) is 14.8. The zero-order valence-electron chi connectivity index (χ0n) is 18.6. The Hall–Kier alpha value is -2.80. The van der Waals surface area contributed by atoms with Gasteiger partial charge in [-0.2, -0.15) is 0 Å². The first-order valence-corrected chi connectivity index (χ1v) is 11.8. The lowest BCUT2D eigenvalue weighted by atomic mass is 10.0. The lowest BCUT2D eigenvalue weighted by Crippen LogP contribution is -2.18. The molecule has 33 heavy (non-hydrogen) atoms. The van der Waals surface area contributed by atoms with Crippen molar-refractivity contribution in [1.29, 1.82) is 0 Å². The number of aromatic nitrogens is 3. The van der Waals surface area contributed by atoms with Gasteiger partial charge in [0.2, 0.25) is 5.95 Å². The van der Waals surface area contributed by atoms with Gasteiger partial charge in [0.05, 0.1) is 32.2 Å². The molecule has 0 amide bonds. The maximum Gasteiger partial charge on any atom is 0.258 e. The van der Waals surface area contributed by atoms with Crippen LogP contribution in [0.5, 0.6) is 0 Å². The van der Waals surface area contributed by atoms with Crippen molar-refractivity contribution in [3.05, 3.63) is 68.1 Å². The summed E-state index contributed by atoms with van der Waals surface area (Å²) in [4.78, 5) is 23.4. The molecule has 6 nitrogen and oxygen atoms in total. The average molecular weight is 482 g/mol. The summed E-state index contributed by atoms with van der Waals surface area (Å²) < 4.78 is 1.87. The van der Waals surface area contributed by atoms with Crippen molar-refractivity contribution in [2.75, 3.05) is 25.0 Å². The summed E-state index contributed by atoms with van der Waals surface area (Å²) in [5.41, 5.74) is 3.81. The molecule has 0 unspecified atom stereocenters. The largest absolute Gasteiger partial charge is 0.323 e. The molecule has 4 aromatic rings. The number of hydrogen-bond donors (Lipinski definition) is 2. The van der Waals surface area contributed by atoms with Gasteiger partial charge in [-0.05, 0) is 68.1 Å². The molecule has 170 valence electrons. The van der Waals surface area contributed by atoms with E-state index in [0.717, 1.165) is 47.3 Å². The Kier molecular flexibility index (Phi) is 5.91. The number of H-pyrrole nitrogens is 1. The Morgan fingerprint density at radius 2 is 1.88 bits per heavy atom. The van der Waals surface area contributed by atoms with E-state index in [-0.39, 0.29) is 5.56 Å². The standard InChI is InChI=1S/C25H25Cl2N5O/c1-15-16-10-11-20-23(31(2)25(29-20)30-22-17(26)7-5-8-18(22)27)21(16)24(33)28-19(15)9-6-14-32-12-3-4-13-32/h5-11H,3-4,12-14H2,1-2H3,(H,28,33)(H,29,30)/b9-6+. The van der Waals surface area contributed by atoms with Gasteiger partial charge in [-0.1, -0.05) is 41.4 Å². The fourth-order valence-electron chi connectivity index (χ4n) is 4.56. The van der Waals surface area contributed by atoms with Crippen LogP contribution in [0.25, 0.3) is 27.9 Å². The van der Waals surface area contributed by atoms with Crippen molar-refractivity contribution in [1.82, 2.24) is 19.4 Å². The van der Waals surface area contributed by atoms with E-state index in [0.29, 0.717) is 27.1 Å². The summed E-state index contributed by atoms with van der Waals surface area (Å²) in [6.07, 6.45) is 6.68. The van der Waals surface area contributed by atoms with Crippen LogP contribution in [-0.2, 0) is 7.05 Å². The van der Waals surface area contributed by atoms with Gasteiger partial charge in [0, 0.05) is 19.3 Å². The predicted molar refractivity (Wildman–Crippen MR) is 138 cm³/mol. The van der Waals surface area contributed by atoms with Crippen LogP contribution in [0.4, 0.5) is 11.6 Å². The van der Waals surface area contributed by atoms with Gasteiger partial charge in [0.15, 0.2) is 0 Å². The van der Waals surface area contributed by atoms with E-state index in [9.17, 15) is 4.79 Å². The number of nitrogens with zero attached hydrogens (tertiary/aromatic N) is 3. The molecule has 0 radical (unpaired) electrons. The first-order chi connectivity index (χ1) is 15.9. The Bertz CT molecular complexity index is 1430. The number of likely N-dealkylation sites (tertiary alicyclic amines) is 1. The van der Waals surface area contributed by atoms with Gasteiger partial charge in [-0.15, -0.1) is 0 Å². The van der Waals surface area contributed by atoms with Gasteiger partial charge in [-0.3, -0.25) is 9.69 Å². The first-order valence-electron chi connectivity index (χ1n) is 11.1. The third-order valence-electron chi connectivity index (χ3n) is 6.37. The molecule has 0 spiro atoms. The Balaban J connectivity index is 1.57. The van der Waals surface area contributed by atoms with Gasteiger partial charge in [0.1, 0.15) is 0 Å². The SMILES string of the molecule is Cc1c(/C=C/CN2CCCC2)[nH]c(=O)c2c1ccc1nc(Nc3c(Cl)cccc3Cl)n(C)c12. The number of aryl methyl sites for hydroxylation is 2. The van der Waals surface area contributed by atoms with Gasteiger partial charge in [-0.25, -0.2) is 4.98 Å². The highest BCUT2D eigenvalue weighted by Crippen LogP contribution is 2.34. The van der Waals surface area contributed by atoms with Crippen LogP contribution in [0, 0.1) is 6.92 Å². The van der Waals surface area contributed by atoms with E-state index in [2.05, 4.69) is 26.3 Å². The van der Waals surface area contributed by atoms with E-state index < -0.39 is 0 Å². The molecule has 0 saturated carbocycles. The number of rotatable bonds is 5. The Morgan fingerprint density at radius 1 is 1.15 bits per heavy atom. The van der Waals surface area contributed by atoms with Crippen LogP contribution in [0.2, 0.25) is 10.0 Å². The van der Waals surface area contributed by atoms with Crippen molar-refractivity contribution >= 4 is 62.7 Å². The number of benzene rings is 2. The fourth-order valence-corrected chi connectivity index (χ4v) is 5.06. The molecule has 0 atom stereocenters. The lowest BCUT2D eigenvalue weighted by Gasteiger charge is -2.12. The average Bonchev–Trinajstić information content (AvgIpc) is 3.42. The van der Waals surface area contributed by atoms with Crippen LogP contribution in [0.15, 0.2) is 41.2 Å². The van der Waals surface area contributed by atoms with Crippen LogP contribution in [0.1, 0.15) is 24.1 Å². The topological polar surface area (TPSA) is 66.0 Å². The summed E-state index contributed by atoms with van der Waals surface area (Å²) in [7, 11) is 1.88. The monoisotopic (exact) mass is 481 g/mol. The molecule has 0 aliphatic carbocycles. The molecule has 2 aromatic heterocycles. The highest BCUT2D eigenvalue weighted by molar-refractivity contribution is 6.39. The van der Waals surface area contributed by atoms with Gasteiger partial charge >= 0.3 is 0 Å². The smallest absolute Gasteiger partial charge is 0.258 e. The number of nitrogens with one attached hydrogen (secondary N) is 2. The molecule has 3 heterocycles. The third kappa shape index (κ3) is 4.03. The lowest BCUT2D eigenvalue weighted by molar-refractivity contribution is 0.378. The zero-order chi connectivity index (χ0) is 23.1. The highest BCUT2D eigenvalue weighted by Gasteiger charge is 2.17. The van der Waals surface area contributed by atoms with Gasteiger partial charge in [0.25, 0.3) is 5.56 Å². The third-order valence-corrected chi connectivity index (χ3v) is 7.00. The van der Waals surface area contributed by atoms with Gasteiger partial charge < -0.3 is 14.9 Å². The second kappa shape index (κ2) is 8.86. The maximum absolute atomic E-state index is 13.2. The van der Waals surface area contributed by atoms with Crippen molar-refractivity contribution in [2.45, 2.75) is 19.8 Å². The highest BCUT2D eigenvalue weighted by atomic mass is 35.5. The molecule has 0 bridgehead atoms. The minimum atomic E-state index is -0.132. The van der Waals surface area contributed by atoms with E-state index >= 15 is 0 Å². The molecule has 5 rings (SSSR count). The van der Waals surface area contributed by atoms with Crippen LogP contribution >= 0.6 is 23.2 Å². The number of fused-ring (bicyclic) bond motifs is 3. The summed E-state index contributed by atoms with van der Waals surface area (Å²) >= 11 is 12.6. The fraction of sp³-hybridized carbons (Fsp3) is 0.280. The Morgan fingerprint density at radius 3 is 2.61 bits per heavy atom.